The van der Waals surface area contributed by atoms with Crippen molar-refractivity contribution in [1.29, 1.82) is 0 Å². The maximum absolute atomic E-state index is 13.7. The van der Waals surface area contributed by atoms with Gasteiger partial charge in [0, 0.05) is 56.4 Å². The minimum Gasteiger partial charge on any atom is -0.477 e. The van der Waals surface area contributed by atoms with Gasteiger partial charge in [-0.05, 0) is 84.4 Å². The van der Waals surface area contributed by atoms with Gasteiger partial charge >= 0.3 is 5.97 Å². The first-order valence-electron chi connectivity index (χ1n) is 14.2. The molecule has 39 heavy (non-hydrogen) atoms. The second kappa shape index (κ2) is 9.85. The van der Waals surface area contributed by atoms with Gasteiger partial charge in [0.25, 0.3) is 5.91 Å². The van der Waals surface area contributed by atoms with E-state index in [4.69, 9.17) is 0 Å². The Balaban J connectivity index is 1.15. The van der Waals surface area contributed by atoms with Gasteiger partial charge in [-0.1, -0.05) is 32.1 Å². The highest BCUT2D eigenvalue weighted by Crippen LogP contribution is 2.50. The Kier molecular flexibility index (Phi) is 6.48. The fraction of sp³-hybridized carbons (Fsp3) is 0.469. The third kappa shape index (κ3) is 4.72. The fourth-order valence-electron chi connectivity index (χ4n) is 7.37. The molecule has 2 fully saturated rings. The van der Waals surface area contributed by atoms with E-state index in [1.807, 2.05) is 46.5 Å². The van der Waals surface area contributed by atoms with Gasteiger partial charge in [-0.2, -0.15) is 0 Å². The quantitative estimate of drug-likeness (QED) is 0.600. The Labute approximate surface area is 230 Å². The number of hydrogen-bond acceptors (Lipinski definition) is 5. The first kappa shape index (κ1) is 25.7. The number of fused-ring (bicyclic) bond motifs is 1. The number of carbonyl (C=O) groups is 2. The highest BCUT2D eigenvalue weighted by atomic mass is 16.4. The van der Waals surface area contributed by atoms with Crippen molar-refractivity contribution in [3.8, 4) is 0 Å². The minimum atomic E-state index is -0.912. The molecule has 1 atom stereocenters. The van der Waals surface area contributed by atoms with E-state index in [1.54, 1.807) is 6.08 Å². The van der Waals surface area contributed by atoms with Gasteiger partial charge in [-0.15, -0.1) is 0 Å². The Morgan fingerprint density at radius 2 is 1.67 bits per heavy atom. The van der Waals surface area contributed by atoms with Gasteiger partial charge in [-0.3, -0.25) is 9.78 Å². The van der Waals surface area contributed by atoms with Crippen molar-refractivity contribution in [3.05, 3.63) is 83.3 Å². The first-order chi connectivity index (χ1) is 18.8. The zero-order chi connectivity index (χ0) is 27.2. The summed E-state index contributed by atoms with van der Waals surface area (Å²) in [6.07, 6.45) is 14.5. The molecule has 1 aromatic heterocycles. The van der Waals surface area contributed by atoms with Gasteiger partial charge in [0.15, 0.2) is 0 Å². The number of pyridine rings is 1. The third-order valence-electron chi connectivity index (χ3n) is 9.57. The summed E-state index contributed by atoms with van der Waals surface area (Å²) >= 11 is 0. The number of piperidine rings is 2. The van der Waals surface area contributed by atoms with E-state index in [0.717, 1.165) is 63.8 Å². The Hall–Kier alpha value is -3.61. The maximum atomic E-state index is 13.7. The maximum Gasteiger partial charge on any atom is 0.352 e. The molecule has 1 unspecified atom stereocenters. The predicted octanol–water partition coefficient (Wildman–Crippen LogP) is 5.07. The van der Waals surface area contributed by atoms with Gasteiger partial charge in [0.1, 0.15) is 5.70 Å². The molecule has 1 amide bonds. The lowest BCUT2D eigenvalue weighted by Gasteiger charge is -2.47. The van der Waals surface area contributed by atoms with Crippen molar-refractivity contribution >= 4 is 17.6 Å². The number of carboxylic acid groups (broad SMARTS) is 1. The summed E-state index contributed by atoms with van der Waals surface area (Å²) in [5, 5.41) is 9.87. The van der Waals surface area contributed by atoms with Crippen LogP contribution in [0.25, 0.3) is 0 Å². The molecule has 2 aromatic rings. The molecule has 1 spiro atoms. The molecular weight excluding hydrogens is 488 g/mol. The molecule has 4 aliphatic rings. The Morgan fingerprint density at radius 3 is 2.36 bits per heavy atom. The number of hydrogen-bond donors (Lipinski definition) is 1. The van der Waals surface area contributed by atoms with Crippen LogP contribution in [-0.2, 0) is 11.2 Å². The minimum absolute atomic E-state index is 0.0947. The molecule has 0 saturated carbocycles. The van der Waals surface area contributed by atoms with Crippen LogP contribution in [-0.4, -0.2) is 64.5 Å². The number of aliphatic carboxylic acids is 1. The van der Waals surface area contributed by atoms with Gasteiger partial charge < -0.3 is 19.8 Å². The van der Waals surface area contributed by atoms with Crippen molar-refractivity contribution in [2.24, 2.45) is 10.8 Å². The number of carboxylic acids is 1. The van der Waals surface area contributed by atoms with Crippen molar-refractivity contribution < 1.29 is 14.7 Å². The standard InChI is InChI=1S/C32H38N4O3/c1-31(2)22-24-7-6-23(21-26(24)28(31)36-16-4-3-5-27(36)30(38)39)29(37)35-19-12-32(13-20-35)10-17-34(18-11-32)25-8-14-33-15-9-25/h3-9,14-15,21,28H,10-13,16-20,22H2,1-2H3,(H,38,39). The first-order valence-corrected chi connectivity index (χ1v) is 14.2. The van der Waals surface area contributed by atoms with Crippen LogP contribution >= 0.6 is 0 Å². The van der Waals surface area contributed by atoms with Crippen molar-refractivity contribution in [1.82, 2.24) is 14.8 Å². The number of likely N-dealkylation sites (tertiary alicyclic amines) is 1. The number of rotatable bonds is 4. The van der Waals surface area contributed by atoms with E-state index in [-0.39, 0.29) is 17.4 Å². The van der Waals surface area contributed by atoms with E-state index in [9.17, 15) is 14.7 Å². The zero-order valence-electron chi connectivity index (χ0n) is 23.0. The van der Waals surface area contributed by atoms with Crippen LogP contribution in [0.2, 0.25) is 0 Å². The number of anilines is 1. The number of nitrogens with zero attached hydrogens (tertiary/aromatic N) is 4. The summed E-state index contributed by atoms with van der Waals surface area (Å²) in [5.74, 6) is -0.817. The molecule has 7 nitrogen and oxygen atoms in total. The molecule has 4 heterocycles. The molecule has 1 aliphatic carbocycles. The number of carbonyl (C=O) groups excluding carboxylic acids is 1. The topological polar surface area (TPSA) is 77.0 Å². The number of benzene rings is 1. The fourth-order valence-corrected chi connectivity index (χ4v) is 7.37. The second-order valence-corrected chi connectivity index (χ2v) is 12.4. The van der Waals surface area contributed by atoms with Gasteiger partial charge in [0.05, 0.1) is 6.04 Å². The Morgan fingerprint density at radius 1 is 0.974 bits per heavy atom. The highest BCUT2D eigenvalue weighted by Gasteiger charge is 2.45. The third-order valence-corrected chi connectivity index (χ3v) is 9.57. The number of amides is 1. The zero-order valence-corrected chi connectivity index (χ0v) is 23.0. The van der Waals surface area contributed by atoms with Crippen LogP contribution in [0.4, 0.5) is 5.69 Å². The van der Waals surface area contributed by atoms with E-state index in [1.165, 1.54) is 11.3 Å². The van der Waals surface area contributed by atoms with Crippen LogP contribution in [0.5, 0.6) is 0 Å². The van der Waals surface area contributed by atoms with Crippen LogP contribution in [0, 0.1) is 10.8 Å². The molecule has 0 radical (unpaired) electrons. The van der Waals surface area contributed by atoms with E-state index >= 15 is 0 Å². The van der Waals surface area contributed by atoms with Gasteiger partial charge in [-0.25, -0.2) is 4.79 Å². The monoisotopic (exact) mass is 526 g/mol. The van der Waals surface area contributed by atoms with Crippen LogP contribution in [0.15, 0.2) is 66.7 Å². The van der Waals surface area contributed by atoms with E-state index in [2.05, 4.69) is 41.9 Å². The van der Waals surface area contributed by atoms with Crippen molar-refractivity contribution in [2.75, 3.05) is 37.6 Å². The SMILES string of the molecule is CC1(C)Cc2ccc(C(=O)N3CCC4(CC3)CCN(c3ccncc3)CC4)cc2C1N1CC=CC=C1C(=O)O. The van der Waals surface area contributed by atoms with Crippen LogP contribution in [0.3, 0.4) is 0 Å². The van der Waals surface area contributed by atoms with Crippen LogP contribution < -0.4 is 4.90 Å². The lowest BCUT2D eigenvalue weighted by Crippen LogP contribution is -2.48. The second-order valence-electron chi connectivity index (χ2n) is 12.4. The summed E-state index contributed by atoms with van der Waals surface area (Å²) < 4.78 is 0. The van der Waals surface area contributed by atoms with E-state index in [0.29, 0.717) is 23.2 Å². The molecule has 2 saturated heterocycles. The number of aromatic nitrogens is 1. The molecule has 204 valence electrons. The molecule has 3 aliphatic heterocycles. The molecule has 0 bridgehead atoms. The number of allylic oxidation sites excluding steroid dienone is 2. The summed E-state index contributed by atoms with van der Waals surface area (Å²) in [7, 11) is 0. The summed E-state index contributed by atoms with van der Waals surface area (Å²) in [6.45, 7) is 8.64. The molecule has 1 N–H and O–H groups in total. The van der Waals surface area contributed by atoms with Gasteiger partial charge in [0.2, 0.25) is 0 Å². The predicted molar refractivity (Wildman–Crippen MR) is 151 cm³/mol. The average Bonchev–Trinajstić information content (AvgIpc) is 3.22. The average molecular weight is 527 g/mol. The Bertz CT molecular complexity index is 1310. The van der Waals surface area contributed by atoms with Crippen molar-refractivity contribution in [2.45, 2.75) is 52.0 Å². The normalized spacial score (nSPS) is 23.5. The molecular formula is C32H38N4O3. The lowest BCUT2D eigenvalue weighted by atomic mass is 9.71. The van der Waals surface area contributed by atoms with Crippen molar-refractivity contribution in [3.63, 3.8) is 0 Å². The highest BCUT2D eigenvalue weighted by molar-refractivity contribution is 5.94. The summed E-state index contributed by atoms with van der Waals surface area (Å²) in [6, 6.07) is 10.2. The van der Waals surface area contributed by atoms with E-state index < -0.39 is 5.97 Å². The molecule has 6 rings (SSSR count). The van der Waals surface area contributed by atoms with Crippen LogP contribution in [0.1, 0.15) is 67.1 Å². The largest absolute Gasteiger partial charge is 0.477 e. The lowest BCUT2D eigenvalue weighted by molar-refractivity contribution is -0.135. The summed E-state index contributed by atoms with van der Waals surface area (Å²) in [4.78, 5) is 36.4. The smallest absolute Gasteiger partial charge is 0.352 e. The molecule has 7 heteroatoms. The molecule has 1 aromatic carbocycles. The summed E-state index contributed by atoms with van der Waals surface area (Å²) in [5.41, 5.74) is 4.76.